The molecular weight excluding hydrogens is 320 g/mol. The highest BCUT2D eigenvalue weighted by Gasteiger charge is 2.51. The van der Waals surface area contributed by atoms with Gasteiger partial charge in [0.2, 0.25) is 0 Å². The molecule has 2 spiro atoms. The van der Waals surface area contributed by atoms with Gasteiger partial charge in [-0.1, -0.05) is 0 Å². The molecule has 0 unspecified atom stereocenters. The van der Waals surface area contributed by atoms with Crippen LogP contribution in [0.3, 0.4) is 0 Å². The van der Waals surface area contributed by atoms with E-state index >= 15 is 0 Å². The zero-order valence-electron chi connectivity index (χ0n) is 13.0. The van der Waals surface area contributed by atoms with Crippen LogP contribution in [0.1, 0.15) is 0 Å². The van der Waals surface area contributed by atoms with E-state index in [2.05, 4.69) is 20.1 Å². The average molecular weight is 338 g/mol. The summed E-state index contributed by atoms with van der Waals surface area (Å²) in [5.74, 6) is -2.94. The van der Waals surface area contributed by atoms with Crippen LogP contribution in [0.2, 0.25) is 0 Å². The molecule has 0 saturated carbocycles. The number of nitrogens with zero attached hydrogens (tertiary/aromatic N) is 2. The molecular formula is C14H18N4O6. The summed E-state index contributed by atoms with van der Waals surface area (Å²) >= 11 is 0. The van der Waals surface area contributed by atoms with E-state index in [1.54, 1.807) is 0 Å². The Morgan fingerprint density at radius 3 is 1.25 bits per heavy atom. The van der Waals surface area contributed by atoms with Crippen LogP contribution in [-0.2, 0) is 19.1 Å². The molecule has 2 N–H and O–H groups in total. The van der Waals surface area contributed by atoms with E-state index in [0.717, 1.165) is 26.2 Å². The van der Waals surface area contributed by atoms with Crippen molar-refractivity contribution in [1.29, 1.82) is 0 Å². The molecule has 0 bridgehead atoms. The van der Waals surface area contributed by atoms with Crippen molar-refractivity contribution in [3.63, 3.8) is 0 Å². The van der Waals surface area contributed by atoms with Crippen LogP contribution >= 0.6 is 0 Å². The van der Waals surface area contributed by atoms with E-state index in [4.69, 9.17) is 0 Å². The number of amides is 2. The summed E-state index contributed by atoms with van der Waals surface area (Å²) in [6.45, 7) is 5.27. The highest BCUT2D eigenvalue weighted by molar-refractivity contribution is 6.33. The van der Waals surface area contributed by atoms with Crippen molar-refractivity contribution in [2.45, 2.75) is 0 Å². The van der Waals surface area contributed by atoms with E-state index in [9.17, 15) is 19.2 Å². The minimum absolute atomic E-state index is 0.0857. The van der Waals surface area contributed by atoms with Crippen molar-refractivity contribution in [2.24, 2.45) is 10.8 Å². The monoisotopic (exact) mass is 338 g/mol. The zero-order chi connectivity index (χ0) is 16.9. The van der Waals surface area contributed by atoms with Crippen molar-refractivity contribution in [1.82, 2.24) is 20.4 Å². The second-order valence-corrected chi connectivity index (χ2v) is 7.23. The molecule has 2 amide bonds. The molecule has 0 atom stereocenters. The number of hydrogen-bond acceptors (Lipinski definition) is 8. The normalized spacial score (nSPS) is 25.0. The molecule has 0 radical (unpaired) electrons. The van der Waals surface area contributed by atoms with Crippen molar-refractivity contribution in [3.05, 3.63) is 0 Å². The molecule has 0 aromatic heterocycles. The van der Waals surface area contributed by atoms with E-state index in [1.165, 1.54) is 9.80 Å². The van der Waals surface area contributed by atoms with Crippen molar-refractivity contribution >= 4 is 24.1 Å². The first-order valence-corrected chi connectivity index (χ1v) is 7.84. The Balaban J connectivity index is 1.19. The summed E-state index contributed by atoms with van der Waals surface area (Å²) in [5, 5.41) is 6.23. The molecule has 4 aliphatic heterocycles. The van der Waals surface area contributed by atoms with Gasteiger partial charge < -0.3 is 29.9 Å². The van der Waals surface area contributed by atoms with Gasteiger partial charge in [-0.2, -0.15) is 0 Å². The maximum Gasteiger partial charge on any atom is 0.426 e. The summed E-state index contributed by atoms with van der Waals surface area (Å²) < 4.78 is 8.91. The maximum absolute atomic E-state index is 11.7. The molecule has 4 heterocycles. The molecule has 10 nitrogen and oxygen atoms in total. The van der Waals surface area contributed by atoms with Crippen LogP contribution in [0.25, 0.3) is 0 Å². The van der Waals surface area contributed by atoms with Crippen molar-refractivity contribution < 1.29 is 28.7 Å². The number of carbonyl (C=O) groups is 4. The minimum Gasteiger partial charge on any atom is -0.367 e. The van der Waals surface area contributed by atoms with Gasteiger partial charge in [0.05, 0.1) is 0 Å². The zero-order valence-corrected chi connectivity index (χ0v) is 13.0. The van der Waals surface area contributed by atoms with E-state index in [-0.39, 0.29) is 10.8 Å². The van der Waals surface area contributed by atoms with Crippen LogP contribution < -0.4 is 10.6 Å². The van der Waals surface area contributed by atoms with Gasteiger partial charge in [0.15, 0.2) is 0 Å². The van der Waals surface area contributed by atoms with Gasteiger partial charge in [0, 0.05) is 63.2 Å². The number of carbonyl (C=O) groups excluding carboxylic acids is 4. The first-order chi connectivity index (χ1) is 11.4. The predicted molar refractivity (Wildman–Crippen MR) is 76.7 cm³/mol. The quantitative estimate of drug-likeness (QED) is 0.299. The third-order valence-corrected chi connectivity index (χ3v) is 5.15. The third kappa shape index (κ3) is 2.42. The Bertz CT molecular complexity index is 557. The number of hydrogen-bond donors (Lipinski definition) is 2. The molecule has 10 heteroatoms. The Morgan fingerprint density at radius 2 is 1.00 bits per heavy atom. The van der Waals surface area contributed by atoms with E-state index in [0.29, 0.717) is 26.2 Å². The maximum atomic E-state index is 11.7. The second-order valence-electron chi connectivity index (χ2n) is 7.23. The van der Waals surface area contributed by atoms with Gasteiger partial charge in [-0.3, -0.25) is 0 Å². The van der Waals surface area contributed by atoms with Crippen LogP contribution in [-0.4, -0.2) is 86.3 Å². The Labute approximate surface area is 137 Å². The van der Waals surface area contributed by atoms with Gasteiger partial charge in [0.1, 0.15) is 0 Å². The first-order valence-electron chi connectivity index (χ1n) is 7.84. The molecule has 0 aromatic rings. The van der Waals surface area contributed by atoms with Gasteiger partial charge in [0.25, 0.3) is 0 Å². The number of ether oxygens (including phenoxy) is 2. The molecule has 4 saturated heterocycles. The second kappa shape index (κ2) is 5.15. The Kier molecular flexibility index (Phi) is 3.29. The lowest BCUT2D eigenvalue weighted by molar-refractivity contribution is -0.163. The summed E-state index contributed by atoms with van der Waals surface area (Å²) in [6.07, 6.45) is -1.77. The fourth-order valence-corrected chi connectivity index (χ4v) is 3.56. The smallest absolute Gasteiger partial charge is 0.367 e. The standard InChI is InChI=1S/C14H18N4O6/c19-9(23-11(21)17-5-13(6-17)1-15-2-13)10(20)24-12(22)18-7-14(8-18)3-16-4-14/h15-16H,1-8H2. The SMILES string of the molecule is O=C(OC(=O)N1CC2(CNC2)C1)C(=O)OC(=O)N1CC2(CNC2)C1. The van der Waals surface area contributed by atoms with Crippen molar-refractivity contribution in [3.8, 4) is 0 Å². The van der Waals surface area contributed by atoms with Crippen LogP contribution in [0.15, 0.2) is 0 Å². The molecule has 0 aromatic carbocycles. The lowest BCUT2D eigenvalue weighted by atomic mass is 9.75. The minimum atomic E-state index is -1.47. The Morgan fingerprint density at radius 1 is 0.667 bits per heavy atom. The fraction of sp³-hybridized carbons (Fsp3) is 0.714. The topological polar surface area (TPSA) is 117 Å². The first kappa shape index (κ1) is 15.3. The number of rotatable bonds is 0. The van der Waals surface area contributed by atoms with E-state index in [1.807, 2.05) is 0 Å². The van der Waals surface area contributed by atoms with Gasteiger partial charge in [-0.15, -0.1) is 0 Å². The Hall–Kier alpha value is -2.20. The fourth-order valence-electron chi connectivity index (χ4n) is 3.56. The largest absolute Gasteiger partial charge is 0.426 e. The number of nitrogens with one attached hydrogen (secondary N) is 2. The van der Waals surface area contributed by atoms with E-state index < -0.39 is 24.1 Å². The number of likely N-dealkylation sites (tertiary alicyclic amines) is 2. The van der Waals surface area contributed by atoms with Crippen LogP contribution in [0.4, 0.5) is 9.59 Å². The highest BCUT2D eigenvalue weighted by Crippen LogP contribution is 2.35. The van der Waals surface area contributed by atoms with Crippen LogP contribution in [0, 0.1) is 10.8 Å². The summed E-state index contributed by atoms with van der Waals surface area (Å²) in [4.78, 5) is 49.3. The summed E-state index contributed by atoms with van der Waals surface area (Å²) in [7, 11) is 0. The molecule has 4 rings (SSSR count). The average Bonchev–Trinajstić information content (AvgIpc) is 2.31. The van der Waals surface area contributed by atoms with Crippen molar-refractivity contribution in [2.75, 3.05) is 52.4 Å². The molecule has 4 aliphatic rings. The molecule has 24 heavy (non-hydrogen) atoms. The lowest BCUT2D eigenvalue weighted by Crippen LogP contribution is -2.72. The third-order valence-electron chi connectivity index (χ3n) is 5.15. The summed E-state index contributed by atoms with van der Waals surface area (Å²) in [5.41, 5.74) is 0.171. The summed E-state index contributed by atoms with van der Waals surface area (Å²) in [6, 6.07) is 0. The van der Waals surface area contributed by atoms with Gasteiger partial charge in [-0.05, 0) is 0 Å². The molecule has 130 valence electrons. The van der Waals surface area contributed by atoms with Gasteiger partial charge in [-0.25, -0.2) is 19.2 Å². The predicted octanol–water partition coefficient (Wildman–Crippen LogP) is -1.88. The molecule has 0 aliphatic carbocycles. The van der Waals surface area contributed by atoms with Crippen LogP contribution in [0.5, 0.6) is 0 Å². The lowest BCUT2D eigenvalue weighted by Gasteiger charge is -2.55. The molecule has 4 fully saturated rings. The highest BCUT2D eigenvalue weighted by atomic mass is 16.7. The van der Waals surface area contributed by atoms with Gasteiger partial charge >= 0.3 is 24.1 Å². The number of esters is 2.